The van der Waals surface area contributed by atoms with Crippen molar-refractivity contribution in [3.8, 4) is 0 Å². The van der Waals surface area contributed by atoms with Crippen molar-refractivity contribution in [3.63, 3.8) is 0 Å². The number of anilines is 2. The Hall–Kier alpha value is -2.10. The Morgan fingerprint density at radius 1 is 1.11 bits per heavy atom. The van der Waals surface area contributed by atoms with Crippen LogP contribution in [0.4, 0.5) is 11.5 Å². The molecule has 0 radical (unpaired) electrons. The molecule has 0 aliphatic carbocycles. The lowest BCUT2D eigenvalue weighted by Crippen LogP contribution is -2.20. The van der Waals surface area contributed by atoms with E-state index in [-0.39, 0.29) is 0 Å². The van der Waals surface area contributed by atoms with E-state index in [1.54, 1.807) is 12.3 Å². The summed E-state index contributed by atoms with van der Waals surface area (Å²) in [6.07, 6.45) is 1.69. The summed E-state index contributed by atoms with van der Waals surface area (Å²) >= 11 is 0. The molecular weight excluding hydrogens is 236 g/mol. The van der Waals surface area contributed by atoms with E-state index in [4.69, 9.17) is 5.73 Å². The van der Waals surface area contributed by atoms with Crippen LogP contribution in [0.25, 0.3) is 0 Å². The van der Waals surface area contributed by atoms with Gasteiger partial charge in [-0.25, -0.2) is 9.97 Å². The van der Waals surface area contributed by atoms with E-state index in [2.05, 4.69) is 47.8 Å². The molecule has 2 aromatic rings. The van der Waals surface area contributed by atoms with Crippen LogP contribution in [0.1, 0.15) is 22.5 Å². The first-order valence-corrected chi connectivity index (χ1v) is 6.34. The quantitative estimate of drug-likeness (QED) is 0.917. The predicted molar refractivity (Wildman–Crippen MR) is 79.2 cm³/mol. The minimum absolute atomic E-state index is 0.509. The van der Waals surface area contributed by atoms with Gasteiger partial charge in [-0.05, 0) is 49.6 Å². The fourth-order valence-corrected chi connectivity index (χ4v) is 2.14. The van der Waals surface area contributed by atoms with Crippen LogP contribution >= 0.6 is 0 Å². The highest BCUT2D eigenvalue weighted by Gasteiger charge is 2.09. The fourth-order valence-electron chi connectivity index (χ4n) is 2.14. The van der Waals surface area contributed by atoms with Crippen molar-refractivity contribution in [2.24, 2.45) is 0 Å². The molecule has 0 spiro atoms. The third kappa shape index (κ3) is 2.84. The zero-order valence-corrected chi connectivity index (χ0v) is 11.9. The van der Waals surface area contributed by atoms with Gasteiger partial charge < -0.3 is 10.6 Å². The van der Waals surface area contributed by atoms with E-state index in [1.165, 1.54) is 22.4 Å². The van der Waals surface area contributed by atoms with E-state index < -0.39 is 0 Å². The topological polar surface area (TPSA) is 55.0 Å². The van der Waals surface area contributed by atoms with Gasteiger partial charge in [0.1, 0.15) is 11.6 Å². The number of rotatable bonds is 3. The molecule has 19 heavy (non-hydrogen) atoms. The standard InChI is InChI=1S/C15H20N4/c1-10-5-6-13(12(3)11(10)2)19(4)9-15-17-8-7-14(16)18-15/h5-8H,9H2,1-4H3,(H2,16,17,18). The SMILES string of the molecule is Cc1ccc(N(C)Cc2nccc(N)n2)c(C)c1C. The minimum atomic E-state index is 0.509. The molecule has 0 atom stereocenters. The molecular formula is C15H20N4. The molecule has 0 aliphatic rings. The van der Waals surface area contributed by atoms with E-state index in [1.807, 2.05) is 7.05 Å². The highest BCUT2D eigenvalue weighted by atomic mass is 15.1. The summed E-state index contributed by atoms with van der Waals surface area (Å²) in [6, 6.07) is 5.99. The normalized spacial score (nSPS) is 10.5. The van der Waals surface area contributed by atoms with Gasteiger partial charge in [0.2, 0.25) is 0 Å². The average molecular weight is 256 g/mol. The summed E-state index contributed by atoms with van der Waals surface area (Å²) in [6.45, 7) is 7.08. The van der Waals surface area contributed by atoms with E-state index in [9.17, 15) is 0 Å². The van der Waals surface area contributed by atoms with Gasteiger partial charge >= 0.3 is 0 Å². The van der Waals surface area contributed by atoms with Crippen LogP contribution in [0.2, 0.25) is 0 Å². The third-order valence-electron chi connectivity index (χ3n) is 3.55. The number of aromatic nitrogens is 2. The highest BCUT2D eigenvalue weighted by molar-refractivity contribution is 5.57. The second-order valence-electron chi connectivity index (χ2n) is 4.91. The maximum Gasteiger partial charge on any atom is 0.149 e. The summed E-state index contributed by atoms with van der Waals surface area (Å²) in [5.74, 6) is 1.25. The zero-order chi connectivity index (χ0) is 14.0. The Labute approximate surface area is 114 Å². The molecule has 0 unspecified atom stereocenters. The minimum Gasteiger partial charge on any atom is -0.384 e. The lowest BCUT2D eigenvalue weighted by molar-refractivity contribution is 0.836. The van der Waals surface area contributed by atoms with Crippen molar-refractivity contribution in [1.82, 2.24) is 9.97 Å². The van der Waals surface area contributed by atoms with E-state index >= 15 is 0 Å². The average Bonchev–Trinajstić information content (AvgIpc) is 2.36. The number of hydrogen-bond donors (Lipinski definition) is 1. The molecule has 100 valence electrons. The van der Waals surface area contributed by atoms with Crippen molar-refractivity contribution in [2.45, 2.75) is 27.3 Å². The van der Waals surface area contributed by atoms with Gasteiger partial charge in [0.15, 0.2) is 0 Å². The van der Waals surface area contributed by atoms with Crippen LogP contribution in [0.15, 0.2) is 24.4 Å². The molecule has 0 saturated heterocycles. The monoisotopic (exact) mass is 256 g/mol. The first-order valence-electron chi connectivity index (χ1n) is 6.34. The van der Waals surface area contributed by atoms with Crippen LogP contribution in [-0.2, 0) is 6.54 Å². The third-order valence-corrected chi connectivity index (χ3v) is 3.55. The maximum atomic E-state index is 5.68. The zero-order valence-electron chi connectivity index (χ0n) is 11.9. The van der Waals surface area contributed by atoms with Crippen LogP contribution in [0.3, 0.4) is 0 Å². The van der Waals surface area contributed by atoms with Crippen molar-refractivity contribution in [1.29, 1.82) is 0 Å². The Kier molecular flexibility index (Phi) is 3.69. The summed E-state index contributed by atoms with van der Waals surface area (Å²) in [7, 11) is 2.05. The van der Waals surface area contributed by atoms with Gasteiger partial charge in [-0.15, -0.1) is 0 Å². The Bertz CT molecular complexity index is 593. The summed E-state index contributed by atoms with van der Waals surface area (Å²) < 4.78 is 0. The number of hydrogen-bond acceptors (Lipinski definition) is 4. The van der Waals surface area contributed by atoms with Gasteiger partial charge in [-0.2, -0.15) is 0 Å². The van der Waals surface area contributed by atoms with Crippen LogP contribution in [0.5, 0.6) is 0 Å². The number of aryl methyl sites for hydroxylation is 1. The number of benzene rings is 1. The van der Waals surface area contributed by atoms with Crippen LogP contribution in [0, 0.1) is 20.8 Å². The van der Waals surface area contributed by atoms with Crippen molar-refractivity contribution in [2.75, 3.05) is 17.7 Å². The largest absolute Gasteiger partial charge is 0.384 e. The molecule has 4 nitrogen and oxygen atoms in total. The van der Waals surface area contributed by atoms with Crippen molar-refractivity contribution in [3.05, 3.63) is 46.9 Å². The molecule has 0 fully saturated rings. The molecule has 0 aliphatic heterocycles. The van der Waals surface area contributed by atoms with Crippen molar-refractivity contribution < 1.29 is 0 Å². The van der Waals surface area contributed by atoms with Crippen molar-refractivity contribution >= 4 is 11.5 Å². The first kappa shape index (κ1) is 13.3. The van der Waals surface area contributed by atoms with E-state index in [0.717, 1.165) is 5.82 Å². The smallest absolute Gasteiger partial charge is 0.149 e. The van der Waals surface area contributed by atoms with Gasteiger partial charge in [0.05, 0.1) is 6.54 Å². The molecule has 1 heterocycles. The molecule has 0 bridgehead atoms. The van der Waals surface area contributed by atoms with Gasteiger partial charge in [0.25, 0.3) is 0 Å². The molecule has 1 aromatic heterocycles. The number of nitrogens with zero attached hydrogens (tertiary/aromatic N) is 3. The van der Waals surface area contributed by atoms with Crippen LogP contribution in [-0.4, -0.2) is 17.0 Å². The number of nitrogen functional groups attached to an aromatic ring is 1. The second kappa shape index (κ2) is 5.26. The summed E-state index contributed by atoms with van der Waals surface area (Å²) in [5, 5.41) is 0. The number of nitrogens with two attached hydrogens (primary N) is 1. The second-order valence-corrected chi connectivity index (χ2v) is 4.91. The highest BCUT2D eigenvalue weighted by Crippen LogP contribution is 2.25. The van der Waals surface area contributed by atoms with Gasteiger partial charge in [0, 0.05) is 18.9 Å². The molecule has 0 saturated carbocycles. The van der Waals surface area contributed by atoms with Gasteiger partial charge in [-0.3, -0.25) is 0 Å². The summed E-state index contributed by atoms with van der Waals surface area (Å²) in [5.41, 5.74) is 10.8. The lowest BCUT2D eigenvalue weighted by Gasteiger charge is -2.22. The summed E-state index contributed by atoms with van der Waals surface area (Å²) in [4.78, 5) is 10.6. The molecule has 1 aromatic carbocycles. The van der Waals surface area contributed by atoms with Gasteiger partial charge in [-0.1, -0.05) is 6.07 Å². The van der Waals surface area contributed by atoms with E-state index in [0.29, 0.717) is 12.4 Å². The predicted octanol–water partition coefficient (Wildman–Crippen LogP) is 2.62. The Balaban J connectivity index is 2.25. The fraction of sp³-hybridized carbons (Fsp3) is 0.333. The van der Waals surface area contributed by atoms with Crippen LogP contribution < -0.4 is 10.6 Å². The Morgan fingerprint density at radius 2 is 1.84 bits per heavy atom. The maximum absolute atomic E-state index is 5.68. The molecule has 2 N–H and O–H groups in total. The molecule has 0 amide bonds. The first-order chi connectivity index (χ1) is 8.99. The lowest BCUT2D eigenvalue weighted by atomic mass is 10.0. The molecule has 2 rings (SSSR count). The Morgan fingerprint density at radius 3 is 2.53 bits per heavy atom. The molecule has 4 heteroatoms.